The van der Waals surface area contributed by atoms with Crippen LogP contribution in [0, 0.1) is 18.3 Å². The van der Waals surface area contributed by atoms with Gasteiger partial charge in [0.25, 0.3) is 0 Å². The highest BCUT2D eigenvalue weighted by Gasteiger charge is 2.23. The number of nitrogens with zero attached hydrogens (tertiary/aromatic N) is 3. The third-order valence-electron chi connectivity index (χ3n) is 5.43. The number of fused-ring (bicyclic) bond motifs is 1. The zero-order valence-electron chi connectivity index (χ0n) is 18.2. The number of hydrogen-bond acceptors (Lipinski definition) is 6. The molecule has 0 aliphatic carbocycles. The molecule has 4 aromatic rings. The van der Waals surface area contributed by atoms with Crippen LogP contribution in [0.4, 0.5) is 0 Å². The van der Waals surface area contributed by atoms with Crippen molar-refractivity contribution in [3.8, 4) is 34.5 Å². The first-order valence-electron chi connectivity index (χ1n) is 10.4. The fraction of sp³-hybridized carbons (Fsp3) is 0.0769. The molecule has 0 unspecified atom stereocenters. The molecule has 0 amide bonds. The Bertz CT molecular complexity index is 1550. The predicted molar refractivity (Wildman–Crippen MR) is 127 cm³/mol. The summed E-state index contributed by atoms with van der Waals surface area (Å²) in [7, 11) is -4.01. The number of benzene rings is 3. The number of aryl methyl sites for hydroxylation is 1. The minimum absolute atomic E-state index is 0.0611. The molecule has 5 rings (SSSR count). The summed E-state index contributed by atoms with van der Waals surface area (Å²) >= 11 is 0. The Morgan fingerprint density at radius 2 is 1.76 bits per heavy atom. The maximum Gasteiger partial charge on any atom is 0.231 e. The van der Waals surface area contributed by atoms with Gasteiger partial charge in [0, 0.05) is 17.3 Å². The highest BCUT2D eigenvalue weighted by atomic mass is 32.2. The topological polar surface area (TPSA) is 94.2 Å². The average molecular weight is 470 g/mol. The Balaban J connectivity index is 1.66. The van der Waals surface area contributed by atoms with E-state index in [2.05, 4.69) is 0 Å². The first-order chi connectivity index (χ1) is 16.5. The third-order valence-corrected chi connectivity index (χ3v) is 7.11. The van der Waals surface area contributed by atoms with Crippen molar-refractivity contribution in [2.24, 2.45) is 0 Å². The summed E-state index contributed by atoms with van der Waals surface area (Å²) in [5, 5.41) is 14.5. The van der Waals surface area contributed by atoms with Crippen molar-refractivity contribution in [3.63, 3.8) is 0 Å². The van der Waals surface area contributed by atoms with E-state index in [1.54, 1.807) is 35.1 Å². The van der Waals surface area contributed by atoms with Gasteiger partial charge in [0.1, 0.15) is 16.7 Å². The molecule has 8 heteroatoms. The molecule has 3 aromatic carbocycles. The van der Waals surface area contributed by atoms with E-state index in [9.17, 15) is 13.7 Å². The van der Waals surface area contributed by atoms with E-state index in [4.69, 9.17) is 14.6 Å². The summed E-state index contributed by atoms with van der Waals surface area (Å²) in [6.07, 6.45) is 3.07. The number of rotatable bonds is 5. The molecule has 1 aromatic heterocycles. The van der Waals surface area contributed by atoms with Gasteiger partial charge < -0.3 is 9.47 Å². The molecule has 168 valence electrons. The van der Waals surface area contributed by atoms with Crippen LogP contribution in [0.3, 0.4) is 0 Å². The fourth-order valence-corrected chi connectivity index (χ4v) is 4.78. The highest BCUT2D eigenvalue weighted by molar-refractivity contribution is 7.95. The second-order valence-electron chi connectivity index (χ2n) is 7.72. The van der Waals surface area contributed by atoms with Gasteiger partial charge in [-0.25, -0.2) is 13.1 Å². The Kier molecular flexibility index (Phi) is 5.40. The summed E-state index contributed by atoms with van der Waals surface area (Å²) in [5.74, 6) is 1.21. The maximum atomic E-state index is 13.2. The third kappa shape index (κ3) is 3.93. The van der Waals surface area contributed by atoms with Crippen LogP contribution in [0.15, 0.2) is 88.8 Å². The van der Waals surface area contributed by atoms with Crippen LogP contribution in [0.5, 0.6) is 11.5 Å². The number of nitriles is 1. The van der Waals surface area contributed by atoms with Crippen LogP contribution < -0.4 is 9.47 Å². The quantitative estimate of drug-likeness (QED) is 0.385. The molecule has 0 fully saturated rings. The Morgan fingerprint density at radius 3 is 2.50 bits per heavy atom. The van der Waals surface area contributed by atoms with Gasteiger partial charge in [-0.3, -0.25) is 0 Å². The van der Waals surface area contributed by atoms with Crippen molar-refractivity contribution >= 4 is 15.9 Å². The smallest absolute Gasteiger partial charge is 0.231 e. The number of ether oxygens (including phenoxy) is 2. The molecule has 2 heterocycles. The average Bonchev–Trinajstić information content (AvgIpc) is 3.50. The Morgan fingerprint density at radius 1 is 1.03 bits per heavy atom. The van der Waals surface area contributed by atoms with Crippen LogP contribution in [0.2, 0.25) is 0 Å². The van der Waals surface area contributed by atoms with Crippen LogP contribution in [0.25, 0.3) is 23.0 Å². The minimum atomic E-state index is -4.01. The second kappa shape index (κ2) is 8.54. The molecular weight excluding hydrogens is 450 g/mol. The molecule has 0 bridgehead atoms. The lowest BCUT2D eigenvalue weighted by atomic mass is 10.1. The van der Waals surface area contributed by atoms with E-state index in [0.717, 1.165) is 11.3 Å². The predicted octanol–water partition coefficient (Wildman–Crippen LogP) is 4.91. The zero-order valence-corrected chi connectivity index (χ0v) is 19.0. The summed E-state index contributed by atoms with van der Waals surface area (Å²) < 4.78 is 38.9. The van der Waals surface area contributed by atoms with Gasteiger partial charge in [0.05, 0.1) is 10.6 Å². The summed E-state index contributed by atoms with van der Waals surface area (Å²) in [4.78, 5) is -0.308. The van der Waals surface area contributed by atoms with Gasteiger partial charge in [-0.2, -0.15) is 10.4 Å². The van der Waals surface area contributed by atoms with E-state index in [0.29, 0.717) is 28.3 Å². The van der Waals surface area contributed by atoms with Crippen molar-refractivity contribution in [3.05, 3.63) is 95.0 Å². The van der Waals surface area contributed by atoms with Gasteiger partial charge in [-0.15, -0.1) is 0 Å². The standard InChI is InChI=1S/C26H19N3O4S/c1-18-7-10-22(11-8-18)34(30,31)23(15-27)13-20-16-29(21-5-3-2-4-6-21)28-26(20)19-9-12-24-25(14-19)33-17-32-24/h2-14,16H,17H2,1H3/b23-13+. The first kappa shape index (κ1) is 21.5. The first-order valence-corrected chi connectivity index (χ1v) is 11.9. The lowest BCUT2D eigenvalue weighted by molar-refractivity contribution is 0.174. The van der Waals surface area contributed by atoms with E-state index >= 15 is 0 Å². The van der Waals surface area contributed by atoms with Crippen molar-refractivity contribution in [1.82, 2.24) is 9.78 Å². The fourth-order valence-electron chi connectivity index (χ4n) is 3.63. The lowest BCUT2D eigenvalue weighted by Gasteiger charge is -2.05. The van der Waals surface area contributed by atoms with Crippen LogP contribution in [-0.2, 0) is 9.84 Å². The van der Waals surface area contributed by atoms with Gasteiger partial charge in [0.2, 0.25) is 16.6 Å². The monoisotopic (exact) mass is 469 g/mol. The zero-order chi connectivity index (χ0) is 23.7. The summed E-state index contributed by atoms with van der Waals surface area (Å²) in [6.45, 7) is 2.00. The summed E-state index contributed by atoms with van der Waals surface area (Å²) in [5.41, 5.74) is 3.42. The summed E-state index contributed by atoms with van der Waals surface area (Å²) in [6, 6.07) is 23.1. The number of allylic oxidation sites excluding steroid dienone is 1. The Labute approximate surface area is 197 Å². The molecular formula is C26H19N3O4S. The molecule has 34 heavy (non-hydrogen) atoms. The van der Waals surface area contributed by atoms with Gasteiger partial charge in [0.15, 0.2) is 11.5 Å². The molecule has 1 aliphatic rings. The molecule has 0 radical (unpaired) electrons. The SMILES string of the molecule is Cc1ccc(S(=O)(=O)/C(C#N)=C/c2cn(-c3ccccc3)nc2-c2ccc3c(c2)OCO3)cc1. The number of para-hydroxylation sites is 1. The van der Waals surface area contributed by atoms with Gasteiger partial charge >= 0.3 is 0 Å². The molecule has 0 spiro atoms. The van der Waals surface area contributed by atoms with E-state index in [-0.39, 0.29) is 16.6 Å². The van der Waals surface area contributed by atoms with Crippen molar-refractivity contribution in [2.75, 3.05) is 6.79 Å². The van der Waals surface area contributed by atoms with E-state index < -0.39 is 9.84 Å². The molecule has 7 nitrogen and oxygen atoms in total. The van der Waals surface area contributed by atoms with Crippen molar-refractivity contribution in [2.45, 2.75) is 11.8 Å². The van der Waals surface area contributed by atoms with Crippen molar-refractivity contribution < 1.29 is 17.9 Å². The number of aromatic nitrogens is 2. The lowest BCUT2D eigenvalue weighted by Crippen LogP contribution is -2.03. The Hall–Kier alpha value is -4.35. The molecule has 0 atom stereocenters. The van der Waals surface area contributed by atoms with Gasteiger partial charge in [-0.05, 0) is 55.5 Å². The largest absolute Gasteiger partial charge is 0.454 e. The van der Waals surface area contributed by atoms with Crippen LogP contribution in [0.1, 0.15) is 11.1 Å². The van der Waals surface area contributed by atoms with Crippen LogP contribution in [-0.4, -0.2) is 25.0 Å². The molecule has 0 saturated carbocycles. The van der Waals surface area contributed by atoms with Crippen LogP contribution >= 0.6 is 0 Å². The number of hydrogen-bond donors (Lipinski definition) is 0. The normalized spacial score (nSPS) is 13.0. The number of sulfone groups is 1. The maximum absolute atomic E-state index is 13.2. The highest BCUT2D eigenvalue weighted by Crippen LogP contribution is 2.37. The van der Waals surface area contributed by atoms with E-state index in [1.807, 2.05) is 49.4 Å². The van der Waals surface area contributed by atoms with E-state index in [1.165, 1.54) is 18.2 Å². The molecule has 0 N–H and O–H groups in total. The van der Waals surface area contributed by atoms with Crippen molar-refractivity contribution in [1.29, 1.82) is 5.26 Å². The van der Waals surface area contributed by atoms with Gasteiger partial charge in [-0.1, -0.05) is 35.9 Å². The minimum Gasteiger partial charge on any atom is -0.454 e. The molecule has 0 saturated heterocycles. The second-order valence-corrected chi connectivity index (χ2v) is 9.64. The molecule has 1 aliphatic heterocycles.